The van der Waals surface area contributed by atoms with Gasteiger partial charge in [0, 0.05) is 30.2 Å². The van der Waals surface area contributed by atoms with E-state index in [0.717, 1.165) is 24.4 Å². The number of carbonyl (C=O) groups is 2. The number of piperidine rings is 1. The second kappa shape index (κ2) is 9.38. The summed E-state index contributed by atoms with van der Waals surface area (Å²) in [4.78, 5) is 24.5. The van der Waals surface area contributed by atoms with Gasteiger partial charge in [-0.05, 0) is 43.9 Å². The van der Waals surface area contributed by atoms with Gasteiger partial charge >= 0.3 is 5.97 Å². The molecule has 12 heteroatoms. The highest BCUT2D eigenvalue weighted by atomic mass is 35.5. The van der Waals surface area contributed by atoms with Crippen LogP contribution in [0.1, 0.15) is 47.5 Å². The lowest BCUT2D eigenvalue weighted by Gasteiger charge is -2.30. The van der Waals surface area contributed by atoms with Crippen LogP contribution in [-0.4, -0.2) is 53.9 Å². The molecule has 9 nitrogen and oxygen atoms in total. The molecule has 1 N–H and O–H groups in total. The number of anilines is 1. The van der Waals surface area contributed by atoms with Gasteiger partial charge in [-0.3, -0.25) is 4.79 Å². The zero-order chi connectivity index (χ0) is 21.9. The SMILES string of the molecule is CCOC(=O)c1nnsc1NC(=O)c1ccc(Cl)c(S(=O)(=O)N2CCCC(C)C2)c1. The van der Waals surface area contributed by atoms with Gasteiger partial charge in [-0.15, -0.1) is 5.10 Å². The number of hydrogen-bond acceptors (Lipinski definition) is 8. The van der Waals surface area contributed by atoms with Crippen LogP contribution in [0.3, 0.4) is 0 Å². The number of rotatable bonds is 6. The first-order valence-electron chi connectivity index (χ1n) is 9.34. The summed E-state index contributed by atoms with van der Waals surface area (Å²) >= 11 is 6.98. The molecule has 1 aromatic heterocycles. The third-order valence-corrected chi connectivity index (χ3v) is 7.60. The van der Waals surface area contributed by atoms with Gasteiger partial charge in [0.15, 0.2) is 5.00 Å². The monoisotopic (exact) mass is 472 g/mol. The summed E-state index contributed by atoms with van der Waals surface area (Å²) in [5.41, 5.74) is -0.0365. The second-order valence-electron chi connectivity index (χ2n) is 6.88. The minimum Gasteiger partial charge on any atom is -0.461 e. The van der Waals surface area contributed by atoms with Crippen LogP contribution in [0.15, 0.2) is 23.1 Å². The average molecular weight is 473 g/mol. The van der Waals surface area contributed by atoms with Crippen LogP contribution in [0.2, 0.25) is 5.02 Å². The number of benzene rings is 1. The van der Waals surface area contributed by atoms with Crippen LogP contribution < -0.4 is 5.32 Å². The lowest BCUT2D eigenvalue weighted by atomic mass is 10.0. The van der Waals surface area contributed by atoms with Crippen molar-refractivity contribution in [2.24, 2.45) is 5.92 Å². The molecule has 162 valence electrons. The van der Waals surface area contributed by atoms with E-state index in [-0.39, 0.29) is 38.7 Å². The van der Waals surface area contributed by atoms with Crippen molar-refractivity contribution in [1.82, 2.24) is 13.9 Å². The average Bonchev–Trinajstić information content (AvgIpc) is 3.16. The first-order valence-corrected chi connectivity index (χ1v) is 11.9. The van der Waals surface area contributed by atoms with E-state index in [9.17, 15) is 18.0 Å². The number of halogens is 1. The van der Waals surface area contributed by atoms with Gasteiger partial charge in [0.1, 0.15) is 4.90 Å². The molecular weight excluding hydrogens is 452 g/mol. The summed E-state index contributed by atoms with van der Waals surface area (Å²) in [7, 11) is -3.85. The van der Waals surface area contributed by atoms with Crippen molar-refractivity contribution in [3.05, 3.63) is 34.5 Å². The molecule has 1 amide bonds. The van der Waals surface area contributed by atoms with E-state index >= 15 is 0 Å². The maximum Gasteiger partial charge on any atom is 0.362 e. The van der Waals surface area contributed by atoms with Crippen molar-refractivity contribution in [1.29, 1.82) is 0 Å². The predicted molar refractivity (Wildman–Crippen MR) is 112 cm³/mol. The Morgan fingerprint density at radius 1 is 1.40 bits per heavy atom. The Bertz CT molecular complexity index is 1060. The van der Waals surface area contributed by atoms with Crippen LogP contribution in [0, 0.1) is 5.92 Å². The van der Waals surface area contributed by atoms with Crippen LogP contribution in [0.25, 0.3) is 0 Å². The first-order chi connectivity index (χ1) is 14.2. The topological polar surface area (TPSA) is 119 Å². The summed E-state index contributed by atoms with van der Waals surface area (Å²) < 4.78 is 36.1. The highest BCUT2D eigenvalue weighted by molar-refractivity contribution is 7.89. The number of sulfonamides is 1. The third kappa shape index (κ3) is 4.80. The Balaban J connectivity index is 1.86. The van der Waals surface area contributed by atoms with Crippen LogP contribution >= 0.6 is 23.1 Å². The van der Waals surface area contributed by atoms with Crippen molar-refractivity contribution < 1.29 is 22.7 Å². The lowest BCUT2D eigenvalue weighted by Crippen LogP contribution is -2.39. The van der Waals surface area contributed by atoms with E-state index in [1.54, 1.807) is 6.92 Å². The fourth-order valence-electron chi connectivity index (χ4n) is 3.13. The Labute approximate surface area is 183 Å². The fraction of sp³-hybridized carbons (Fsp3) is 0.444. The Morgan fingerprint density at radius 3 is 2.87 bits per heavy atom. The second-order valence-corrected chi connectivity index (χ2v) is 9.95. The molecule has 0 saturated carbocycles. The molecule has 2 heterocycles. The minimum absolute atomic E-state index is 0.0384. The molecule has 1 aliphatic rings. The lowest BCUT2D eigenvalue weighted by molar-refractivity contribution is 0.0520. The molecule has 0 spiro atoms. The number of nitrogens with one attached hydrogen (secondary N) is 1. The van der Waals surface area contributed by atoms with Crippen LogP contribution in [0.4, 0.5) is 5.00 Å². The summed E-state index contributed by atoms with van der Waals surface area (Å²) in [5, 5.41) is 6.36. The van der Waals surface area contributed by atoms with Gasteiger partial charge in [0.05, 0.1) is 11.6 Å². The molecule has 1 fully saturated rings. The molecule has 3 rings (SSSR count). The molecule has 0 bridgehead atoms. The van der Waals surface area contributed by atoms with Crippen molar-refractivity contribution in [2.45, 2.75) is 31.6 Å². The standard InChI is InChI=1S/C18H21ClN4O5S2/c1-3-28-18(25)15-17(29-22-21-15)20-16(24)12-6-7-13(19)14(9-12)30(26,27)23-8-4-5-11(2)10-23/h6-7,9,11H,3-5,8,10H2,1-2H3,(H,20,24). The Morgan fingerprint density at radius 2 is 2.17 bits per heavy atom. The number of amides is 1. The molecule has 1 unspecified atom stereocenters. The number of aromatic nitrogens is 2. The van der Waals surface area contributed by atoms with E-state index in [1.807, 2.05) is 6.92 Å². The molecule has 1 saturated heterocycles. The number of esters is 1. The summed E-state index contributed by atoms with van der Waals surface area (Å²) in [6.45, 7) is 4.61. The normalized spacial score (nSPS) is 17.5. The first kappa shape index (κ1) is 22.6. The van der Waals surface area contributed by atoms with Crippen molar-refractivity contribution in [3.63, 3.8) is 0 Å². The van der Waals surface area contributed by atoms with E-state index in [1.165, 1.54) is 22.5 Å². The summed E-state index contributed by atoms with van der Waals surface area (Å²) in [5.74, 6) is -1.08. The quantitative estimate of drug-likeness (QED) is 0.641. The van der Waals surface area contributed by atoms with E-state index < -0.39 is 21.9 Å². The van der Waals surface area contributed by atoms with Gasteiger partial charge in [-0.2, -0.15) is 4.31 Å². The molecule has 30 heavy (non-hydrogen) atoms. The maximum atomic E-state index is 13.1. The van der Waals surface area contributed by atoms with Crippen LogP contribution in [-0.2, 0) is 14.8 Å². The molecule has 1 aromatic carbocycles. The van der Waals surface area contributed by atoms with Crippen molar-refractivity contribution in [3.8, 4) is 0 Å². The zero-order valence-corrected chi connectivity index (χ0v) is 18.8. The number of hydrogen-bond donors (Lipinski definition) is 1. The van der Waals surface area contributed by atoms with E-state index in [2.05, 4.69) is 14.9 Å². The smallest absolute Gasteiger partial charge is 0.362 e. The minimum atomic E-state index is -3.85. The van der Waals surface area contributed by atoms with Gasteiger partial charge in [-0.1, -0.05) is 23.0 Å². The molecule has 2 aromatic rings. The molecule has 0 aliphatic carbocycles. The van der Waals surface area contributed by atoms with Gasteiger partial charge in [0.2, 0.25) is 15.7 Å². The summed E-state index contributed by atoms with van der Waals surface area (Å²) in [6, 6.07) is 4.02. The van der Waals surface area contributed by atoms with Gasteiger partial charge in [0.25, 0.3) is 5.91 Å². The third-order valence-electron chi connectivity index (χ3n) is 4.61. The van der Waals surface area contributed by atoms with Crippen LogP contribution in [0.5, 0.6) is 0 Å². The van der Waals surface area contributed by atoms with Crippen molar-refractivity contribution >= 4 is 50.0 Å². The largest absolute Gasteiger partial charge is 0.461 e. The van der Waals surface area contributed by atoms with Gasteiger partial charge < -0.3 is 10.1 Å². The summed E-state index contributed by atoms with van der Waals surface area (Å²) in [6.07, 6.45) is 1.74. The fourth-order valence-corrected chi connectivity index (χ4v) is 5.78. The molecule has 0 radical (unpaired) electrons. The highest BCUT2D eigenvalue weighted by Crippen LogP contribution is 2.29. The number of ether oxygens (including phenoxy) is 1. The molecule has 1 aliphatic heterocycles. The molecule has 1 atom stereocenters. The van der Waals surface area contributed by atoms with Crippen molar-refractivity contribution in [2.75, 3.05) is 25.0 Å². The predicted octanol–water partition coefficient (Wildman–Crippen LogP) is 3.04. The van der Waals surface area contributed by atoms with E-state index in [0.29, 0.717) is 13.1 Å². The zero-order valence-electron chi connectivity index (χ0n) is 16.4. The van der Waals surface area contributed by atoms with E-state index in [4.69, 9.17) is 16.3 Å². The van der Waals surface area contributed by atoms with Gasteiger partial charge in [-0.25, -0.2) is 13.2 Å². The highest BCUT2D eigenvalue weighted by Gasteiger charge is 2.31. The maximum absolute atomic E-state index is 13.1. The molecular formula is C18H21ClN4O5S2. The Hall–Kier alpha value is -2.08. The number of carbonyl (C=O) groups excluding carboxylic acids is 2. The number of nitrogens with zero attached hydrogens (tertiary/aromatic N) is 3. The Kier molecular flexibility index (Phi) is 7.06.